The molecule has 0 saturated heterocycles. The maximum absolute atomic E-state index is 6.28. The third-order valence-electron chi connectivity index (χ3n) is 3.26. The SMILES string of the molecule is CCN(Cc1c(C)nn(C)c1Cl)c1ccc(N)cc1. The summed E-state index contributed by atoms with van der Waals surface area (Å²) in [5, 5.41) is 5.04. The van der Waals surface area contributed by atoms with Crippen molar-refractivity contribution in [3.8, 4) is 0 Å². The number of nitrogen functional groups attached to an aromatic ring is 1. The Balaban J connectivity index is 2.26. The van der Waals surface area contributed by atoms with Crippen molar-refractivity contribution in [3.05, 3.63) is 40.7 Å². The van der Waals surface area contributed by atoms with E-state index in [1.54, 1.807) is 4.68 Å². The Morgan fingerprint density at radius 2 is 1.95 bits per heavy atom. The second-order valence-electron chi connectivity index (χ2n) is 4.58. The van der Waals surface area contributed by atoms with Crippen molar-refractivity contribution in [2.45, 2.75) is 20.4 Å². The fourth-order valence-corrected chi connectivity index (χ4v) is 2.35. The summed E-state index contributed by atoms with van der Waals surface area (Å²) in [6, 6.07) is 7.88. The predicted molar refractivity (Wildman–Crippen MR) is 80.5 cm³/mol. The minimum Gasteiger partial charge on any atom is -0.399 e. The quantitative estimate of drug-likeness (QED) is 0.875. The van der Waals surface area contributed by atoms with E-state index in [1.807, 2.05) is 38.2 Å². The van der Waals surface area contributed by atoms with Gasteiger partial charge in [0, 0.05) is 37.1 Å². The fourth-order valence-electron chi connectivity index (χ4n) is 2.12. The fraction of sp³-hybridized carbons (Fsp3) is 0.357. The Morgan fingerprint density at radius 1 is 1.32 bits per heavy atom. The van der Waals surface area contributed by atoms with E-state index in [2.05, 4.69) is 16.9 Å². The molecule has 4 nitrogen and oxygen atoms in total. The molecule has 0 fully saturated rings. The highest BCUT2D eigenvalue weighted by molar-refractivity contribution is 6.30. The summed E-state index contributed by atoms with van der Waals surface area (Å²) in [6.45, 7) is 5.75. The second-order valence-corrected chi connectivity index (χ2v) is 4.94. The van der Waals surface area contributed by atoms with Crippen molar-refractivity contribution in [1.82, 2.24) is 9.78 Å². The van der Waals surface area contributed by atoms with Gasteiger partial charge in [0.05, 0.1) is 5.69 Å². The molecule has 0 saturated carbocycles. The summed E-state index contributed by atoms with van der Waals surface area (Å²) in [5.74, 6) is 0. The molecule has 1 heterocycles. The Kier molecular flexibility index (Phi) is 4.00. The standard InChI is InChI=1S/C14H19ClN4/c1-4-19(12-7-5-11(16)6-8-12)9-13-10(2)17-18(3)14(13)15/h5-8H,4,9,16H2,1-3H3. The van der Waals surface area contributed by atoms with Gasteiger partial charge in [0.15, 0.2) is 0 Å². The molecule has 0 aliphatic heterocycles. The Hall–Kier alpha value is -1.68. The molecule has 102 valence electrons. The first kappa shape index (κ1) is 13.7. The van der Waals surface area contributed by atoms with Crippen LogP contribution in [0.2, 0.25) is 5.15 Å². The van der Waals surface area contributed by atoms with E-state index < -0.39 is 0 Å². The molecule has 5 heteroatoms. The molecule has 1 aromatic heterocycles. The number of nitrogens with two attached hydrogens (primary N) is 1. The maximum Gasteiger partial charge on any atom is 0.131 e. The van der Waals surface area contributed by atoms with Gasteiger partial charge in [0.25, 0.3) is 0 Å². The van der Waals surface area contributed by atoms with Gasteiger partial charge in [-0.1, -0.05) is 11.6 Å². The van der Waals surface area contributed by atoms with Crippen LogP contribution in [-0.4, -0.2) is 16.3 Å². The number of nitrogens with zero attached hydrogens (tertiary/aromatic N) is 3. The molecule has 0 aliphatic rings. The summed E-state index contributed by atoms with van der Waals surface area (Å²) in [6.07, 6.45) is 0. The number of hydrogen-bond donors (Lipinski definition) is 1. The van der Waals surface area contributed by atoms with Gasteiger partial charge in [-0.05, 0) is 38.1 Å². The molecule has 1 aromatic carbocycles. The monoisotopic (exact) mass is 278 g/mol. The molecule has 0 amide bonds. The van der Waals surface area contributed by atoms with Gasteiger partial charge < -0.3 is 10.6 Å². The number of rotatable bonds is 4. The van der Waals surface area contributed by atoms with Crippen LogP contribution in [0.15, 0.2) is 24.3 Å². The number of aryl methyl sites for hydroxylation is 2. The van der Waals surface area contributed by atoms with E-state index in [1.165, 1.54) is 0 Å². The summed E-state index contributed by atoms with van der Waals surface area (Å²) >= 11 is 6.28. The second kappa shape index (κ2) is 5.53. The molecule has 0 radical (unpaired) electrons. The van der Waals surface area contributed by atoms with Crippen molar-refractivity contribution in [3.63, 3.8) is 0 Å². The van der Waals surface area contributed by atoms with Crippen molar-refractivity contribution in [2.75, 3.05) is 17.2 Å². The van der Waals surface area contributed by atoms with Gasteiger partial charge in [-0.25, -0.2) is 0 Å². The van der Waals surface area contributed by atoms with Gasteiger partial charge >= 0.3 is 0 Å². The lowest BCUT2D eigenvalue weighted by atomic mass is 10.2. The molecule has 0 bridgehead atoms. The van der Waals surface area contributed by atoms with Crippen LogP contribution < -0.4 is 10.6 Å². The number of aromatic nitrogens is 2. The molecule has 0 unspecified atom stereocenters. The van der Waals surface area contributed by atoms with Crippen LogP contribution >= 0.6 is 11.6 Å². The largest absolute Gasteiger partial charge is 0.399 e. The molecule has 19 heavy (non-hydrogen) atoms. The average Bonchev–Trinajstić information content (AvgIpc) is 2.63. The minimum absolute atomic E-state index is 0.700. The van der Waals surface area contributed by atoms with Gasteiger partial charge in [-0.2, -0.15) is 5.10 Å². The summed E-state index contributed by atoms with van der Waals surface area (Å²) < 4.78 is 1.71. The molecule has 0 aliphatic carbocycles. The molecule has 0 atom stereocenters. The molecule has 2 rings (SSSR count). The summed E-state index contributed by atoms with van der Waals surface area (Å²) in [7, 11) is 1.86. The third-order valence-corrected chi connectivity index (χ3v) is 3.73. The Bertz CT molecular complexity index is 560. The normalized spacial score (nSPS) is 10.7. The lowest BCUT2D eigenvalue weighted by Crippen LogP contribution is -2.22. The number of anilines is 2. The smallest absolute Gasteiger partial charge is 0.131 e. The lowest BCUT2D eigenvalue weighted by molar-refractivity contribution is 0.757. The van der Waals surface area contributed by atoms with E-state index in [-0.39, 0.29) is 0 Å². The topological polar surface area (TPSA) is 47.1 Å². The minimum atomic E-state index is 0.700. The first-order chi connectivity index (χ1) is 9.02. The van der Waals surface area contributed by atoms with Crippen LogP contribution in [0.4, 0.5) is 11.4 Å². The highest BCUT2D eigenvalue weighted by Gasteiger charge is 2.14. The van der Waals surface area contributed by atoms with E-state index in [0.29, 0.717) is 5.15 Å². The maximum atomic E-state index is 6.28. The van der Waals surface area contributed by atoms with Crippen LogP contribution in [0.5, 0.6) is 0 Å². The zero-order chi connectivity index (χ0) is 14.0. The number of hydrogen-bond acceptors (Lipinski definition) is 3. The van der Waals surface area contributed by atoms with Gasteiger partial charge in [0.2, 0.25) is 0 Å². The third kappa shape index (κ3) is 2.84. The van der Waals surface area contributed by atoms with Gasteiger partial charge in [-0.15, -0.1) is 0 Å². The highest BCUT2D eigenvalue weighted by atomic mass is 35.5. The van der Waals surface area contributed by atoms with Crippen molar-refractivity contribution < 1.29 is 0 Å². The lowest BCUT2D eigenvalue weighted by Gasteiger charge is -2.23. The Labute approximate surface area is 118 Å². The van der Waals surface area contributed by atoms with E-state index in [4.69, 9.17) is 17.3 Å². The number of halogens is 1. The van der Waals surface area contributed by atoms with Crippen LogP contribution in [0, 0.1) is 6.92 Å². The summed E-state index contributed by atoms with van der Waals surface area (Å²) in [5.41, 5.74) is 9.67. The van der Waals surface area contributed by atoms with Crippen molar-refractivity contribution in [1.29, 1.82) is 0 Å². The van der Waals surface area contributed by atoms with E-state index in [0.717, 1.165) is 35.7 Å². The van der Waals surface area contributed by atoms with E-state index in [9.17, 15) is 0 Å². The van der Waals surface area contributed by atoms with Gasteiger partial charge in [0.1, 0.15) is 5.15 Å². The zero-order valence-corrected chi connectivity index (χ0v) is 12.3. The summed E-state index contributed by atoms with van der Waals surface area (Å²) in [4.78, 5) is 2.25. The molecular weight excluding hydrogens is 260 g/mol. The Morgan fingerprint density at radius 3 is 2.42 bits per heavy atom. The van der Waals surface area contributed by atoms with Crippen LogP contribution in [0.1, 0.15) is 18.2 Å². The molecule has 2 N–H and O–H groups in total. The highest BCUT2D eigenvalue weighted by Crippen LogP contribution is 2.24. The zero-order valence-electron chi connectivity index (χ0n) is 11.5. The van der Waals surface area contributed by atoms with Crippen LogP contribution in [0.3, 0.4) is 0 Å². The first-order valence-electron chi connectivity index (χ1n) is 6.31. The van der Waals surface area contributed by atoms with Crippen molar-refractivity contribution in [2.24, 2.45) is 7.05 Å². The van der Waals surface area contributed by atoms with Crippen molar-refractivity contribution >= 4 is 23.0 Å². The molecule has 2 aromatic rings. The molecular formula is C14H19ClN4. The first-order valence-corrected chi connectivity index (χ1v) is 6.69. The predicted octanol–water partition coefficient (Wildman–Crippen LogP) is 2.99. The molecule has 0 spiro atoms. The van der Waals surface area contributed by atoms with E-state index >= 15 is 0 Å². The number of benzene rings is 1. The van der Waals surface area contributed by atoms with Crippen LogP contribution in [0.25, 0.3) is 0 Å². The van der Waals surface area contributed by atoms with Crippen LogP contribution in [-0.2, 0) is 13.6 Å². The average molecular weight is 279 g/mol. The van der Waals surface area contributed by atoms with Gasteiger partial charge in [-0.3, -0.25) is 4.68 Å².